The van der Waals surface area contributed by atoms with Gasteiger partial charge in [-0.25, -0.2) is 4.98 Å². The number of rotatable bonds is 3. The molecule has 1 fully saturated rings. The third-order valence-electron chi connectivity index (χ3n) is 4.25. The summed E-state index contributed by atoms with van der Waals surface area (Å²) in [6.07, 6.45) is 2.11. The van der Waals surface area contributed by atoms with Crippen LogP contribution in [0.3, 0.4) is 0 Å². The molecule has 4 nitrogen and oxygen atoms in total. The van der Waals surface area contributed by atoms with E-state index in [-0.39, 0.29) is 17.9 Å². The minimum absolute atomic E-state index is 0.0302. The van der Waals surface area contributed by atoms with Crippen molar-refractivity contribution in [3.05, 3.63) is 34.8 Å². The molecule has 0 saturated carbocycles. The fourth-order valence-electron chi connectivity index (χ4n) is 2.93. The Hall–Kier alpha value is -1.62. The van der Waals surface area contributed by atoms with Crippen molar-refractivity contribution in [3.63, 3.8) is 0 Å². The highest BCUT2D eigenvalue weighted by Gasteiger charge is 2.23. The van der Waals surface area contributed by atoms with E-state index < -0.39 is 0 Å². The van der Waals surface area contributed by atoms with Crippen LogP contribution in [0.5, 0.6) is 0 Å². The van der Waals surface area contributed by atoms with Crippen LogP contribution < -0.4 is 10.2 Å². The smallest absolute Gasteiger partial charge is 0.222 e. The molecule has 5 heteroatoms. The Kier molecular flexibility index (Phi) is 4.85. The van der Waals surface area contributed by atoms with Crippen molar-refractivity contribution in [2.75, 3.05) is 18.0 Å². The minimum atomic E-state index is 0.0302. The fraction of sp³-hybridized carbons (Fsp3) is 0.444. The van der Waals surface area contributed by atoms with Crippen LogP contribution >= 0.6 is 15.9 Å². The lowest BCUT2D eigenvalue weighted by atomic mass is 10.0. The van der Waals surface area contributed by atoms with Gasteiger partial charge in [0.05, 0.1) is 5.52 Å². The Balaban J connectivity index is 1.75. The van der Waals surface area contributed by atoms with Crippen LogP contribution in [0.1, 0.15) is 26.7 Å². The van der Waals surface area contributed by atoms with Crippen molar-refractivity contribution in [2.45, 2.75) is 32.7 Å². The summed E-state index contributed by atoms with van der Waals surface area (Å²) in [7, 11) is 0. The van der Waals surface area contributed by atoms with Crippen LogP contribution in [0.4, 0.5) is 5.82 Å². The standard InChI is InChI=1S/C18H22BrN3O/c1-12(2)18(23)20-15-4-3-9-22(11-15)17-8-5-13-10-14(19)6-7-16(13)21-17/h5-8,10,12,15H,3-4,9,11H2,1-2H3,(H,20,23). The van der Waals surface area contributed by atoms with Crippen molar-refractivity contribution in [1.29, 1.82) is 0 Å². The molecule has 0 radical (unpaired) electrons. The lowest BCUT2D eigenvalue weighted by Crippen LogP contribution is -2.49. The van der Waals surface area contributed by atoms with Crippen LogP contribution in [0.25, 0.3) is 10.9 Å². The number of hydrogen-bond acceptors (Lipinski definition) is 3. The Morgan fingerprint density at radius 3 is 2.96 bits per heavy atom. The van der Waals surface area contributed by atoms with E-state index in [1.54, 1.807) is 0 Å². The van der Waals surface area contributed by atoms with Crippen molar-refractivity contribution in [2.24, 2.45) is 5.92 Å². The fourth-order valence-corrected chi connectivity index (χ4v) is 3.31. The first-order chi connectivity index (χ1) is 11.0. The first kappa shape index (κ1) is 16.2. The van der Waals surface area contributed by atoms with E-state index in [1.807, 2.05) is 26.0 Å². The molecule has 1 aromatic carbocycles. The number of nitrogens with one attached hydrogen (secondary N) is 1. The highest BCUT2D eigenvalue weighted by molar-refractivity contribution is 9.10. The first-order valence-electron chi connectivity index (χ1n) is 8.14. The summed E-state index contributed by atoms with van der Waals surface area (Å²) < 4.78 is 1.06. The second-order valence-corrected chi connectivity index (χ2v) is 7.37. The average Bonchev–Trinajstić information content (AvgIpc) is 2.54. The first-order valence-corrected chi connectivity index (χ1v) is 8.94. The van der Waals surface area contributed by atoms with Crippen molar-refractivity contribution < 1.29 is 4.79 Å². The lowest BCUT2D eigenvalue weighted by molar-refractivity contribution is -0.124. The zero-order chi connectivity index (χ0) is 16.4. The van der Waals surface area contributed by atoms with Gasteiger partial charge in [0.2, 0.25) is 5.91 Å². The van der Waals surface area contributed by atoms with Crippen molar-refractivity contribution in [3.8, 4) is 0 Å². The molecule has 2 heterocycles. The van der Waals surface area contributed by atoms with Gasteiger partial charge in [0, 0.05) is 34.9 Å². The van der Waals surface area contributed by atoms with E-state index in [4.69, 9.17) is 4.98 Å². The number of benzene rings is 1. The number of nitrogens with zero attached hydrogens (tertiary/aromatic N) is 2. The van der Waals surface area contributed by atoms with Crippen LogP contribution in [-0.2, 0) is 4.79 Å². The Labute approximate surface area is 145 Å². The molecule has 0 aliphatic carbocycles. The van der Waals surface area contributed by atoms with Crippen LogP contribution in [0, 0.1) is 5.92 Å². The molecule has 2 aromatic rings. The van der Waals surface area contributed by atoms with Gasteiger partial charge < -0.3 is 10.2 Å². The lowest BCUT2D eigenvalue weighted by Gasteiger charge is -2.34. The number of hydrogen-bond donors (Lipinski definition) is 1. The van der Waals surface area contributed by atoms with Gasteiger partial charge in [-0.15, -0.1) is 0 Å². The largest absolute Gasteiger partial charge is 0.355 e. The SMILES string of the molecule is CC(C)C(=O)NC1CCCN(c2ccc3cc(Br)ccc3n2)C1. The summed E-state index contributed by atoms with van der Waals surface area (Å²) in [5.74, 6) is 1.15. The molecular weight excluding hydrogens is 354 g/mol. The van der Waals surface area contributed by atoms with Crippen molar-refractivity contribution >= 4 is 38.6 Å². The molecule has 1 saturated heterocycles. The number of aromatic nitrogens is 1. The van der Waals surface area contributed by atoms with Gasteiger partial charge in [-0.05, 0) is 43.2 Å². The van der Waals surface area contributed by atoms with Gasteiger partial charge in [-0.1, -0.05) is 29.8 Å². The maximum absolute atomic E-state index is 11.9. The molecule has 3 rings (SSSR count). The van der Waals surface area contributed by atoms with Crippen molar-refractivity contribution in [1.82, 2.24) is 10.3 Å². The van der Waals surface area contributed by atoms with Gasteiger partial charge in [-0.3, -0.25) is 4.79 Å². The molecule has 1 atom stereocenters. The highest BCUT2D eigenvalue weighted by atomic mass is 79.9. The second kappa shape index (κ2) is 6.87. The third kappa shape index (κ3) is 3.83. The maximum Gasteiger partial charge on any atom is 0.222 e. The molecule has 1 unspecified atom stereocenters. The molecule has 1 aliphatic rings. The number of carbonyl (C=O) groups excluding carboxylic acids is 1. The van der Waals surface area contributed by atoms with E-state index >= 15 is 0 Å². The minimum Gasteiger partial charge on any atom is -0.355 e. The van der Waals surface area contributed by atoms with Crippen LogP contribution in [0.2, 0.25) is 0 Å². The third-order valence-corrected chi connectivity index (χ3v) is 4.75. The Bertz CT molecular complexity index is 716. The van der Waals surface area contributed by atoms with Crippen LogP contribution in [-0.4, -0.2) is 30.0 Å². The Morgan fingerprint density at radius 2 is 2.17 bits per heavy atom. The van der Waals surface area contributed by atoms with E-state index in [0.717, 1.165) is 47.1 Å². The highest BCUT2D eigenvalue weighted by Crippen LogP contribution is 2.24. The van der Waals surface area contributed by atoms with Gasteiger partial charge in [0.1, 0.15) is 5.82 Å². The summed E-state index contributed by atoms with van der Waals surface area (Å²) in [5.41, 5.74) is 0.999. The molecule has 23 heavy (non-hydrogen) atoms. The number of halogens is 1. The zero-order valence-electron chi connectivity index (χ0n) is 13.6. The summed E-state index contributed by atoms with van der Waals surface area (Å²) in [4.78, 5) is 19.0. The number of fused-ring (bicyclic) bond motifs is 1. The second-order valence-electron chi connectivity index (χ2n) is 6.45. The quantitative estimate of drug-likeness (QED) is 0.888. The van der Waals surface area contributed by atoms with Gasteiger partial charge in [0.25, 0.3) is 0 Å². The summed E-state index contributed by atoms with van der Waals surface area (Å²) in [6, 6.07) is 10.5. The van der Waals surface area contributed by atoms with E-state index in [0.29, 0.717) is 0 Å². The van der Waals surface area contributed by atoms with Crippen LogP contribution in [0.15, 0.2) is 34.8 Å². The van der Waals surface area contributed by atoms with Gasteiger partial charge >= 0.3 is 0 Å². The van der Waals surface area contributed by atoms with E-state index in [9.17, 15) is 4.79 Å². The van der Waals surface area contributed by atoms with Gasteiger partial charge in [-0.2, -0.15) is 0 Å². The molecule has 1 N–H and O–H groups in total. The van der Waals surface area contributed by atoms with E-state index in [2.05, 4.69) is 44.3 Å². The number of anilines is 1. The maximum atomic E-state index is 11.9. The predicted octanol–water partition coefficient (Wildman–Crippen LogP) is 3.74. The molecule has 122 valence electrons. The summed E-state index contributed by atoms with van der Waals surface area (Å²) in [6.45, 7) is 5.68. The molecule has 0 spiro atoms. The molecule has 1 aromatic heterocycles. The number of piperidine rings is 1. The molecular formula is C18H22BrN3O. The average molecular weight is 376 g/mol. The number of amides is 1. The summed E-state index contributed by atoms with van der Waals surface area (Å²) >= 11 is 3.49. The normalized spacial score (nSPS) is 18.4. The summed E-state index contributed by atoms with van der Waals surface area (Å²) in [5, 5.41) is 4.28. The molecule has 0 bridgehead atoms. The van der Waals surface area contributed by atoms with E-state index in [1.165, 1.54) is 0 Å². The molecule has 1 amide bonds. The number of carbonyl (C=O) groups is 1. The topological polar surface area (TPSA) is 45.2 Å². The zero-order valence-corrected chi connectivity index (χ0v) is 15.1. The van der Waals surface area contributed by atoms with Gasteiger partial charge in [0.15, 0.2) is 0 Å². The predicted molar refractivity (Wildman–Crippen MR) is 97.7 cm³/mol. The Morgan fingerprint density at radius 1 is 1.35 bits per heavy atom. The monoisotopic (exact) mass is 375 g/mol. The molecule has 1 aliphatic heterocycles. The number of pyridine rings is 1.